The van der Waals surface area contributed by atoms with E-state index in [1.807, 2.05) is 0 Å². The first-order chi connectivity index (χ1) is 43.6. The van der Waals surface area contributed by atoms with Crippen LogP contribution in [-0.4, -0.2) is 0 Å². The molecule has 0 N–H and O–H groups in total. The Bertz CT molecular complexity index is 1600. The Morgan fingerprint density at radius 3 is 0.219 bits per heavy atom. The van der Waals surface area contributed by atoms with Crippen molar-refractivity contribution in [2.24, 2.45) is 0 Å². The molecule has 2 radical (unpaired) electrons. The Hall–Kier alpha value is 41.3. The van der Waals surface area contributed by atoms with E-state index >= 15 is 0 Å². The lowest BCUT2D eigenvalue weighted by molar-refractivity contribution is 4.29. The highest BCUT2D eigenvalue weighted by molar-refractivity contribution is 9.60. The predicted molar refractivity (Wildman–Crippen MR) is 798 cm³/mol. The van der Waals surface area contributed by atoms with Crippen molar-refractivity contribution in [2.75, 3.05) is 0 Å². The molecule has 0 nitrogen and oxygen atoms in total. The molecule has 0 amide bonds. The van der Waals surface area contributed by atoms with E-state index in [0.717, 1.165) is 0 Å². The third kappa shape index (κ3) is 48.1. The van der Waals surface area contributed by atoms with E-state index < -0.39 is 328 Å². The maximum atomic E-state index is 4.72. The van der Waals surface area contributed by atoms with Gasteiger partial charge >= 0.3 is 0 Å². The summed E-state index contributed by atoms with van der Waals surface area (Å²) < 4.78 is 0. The average molecular weight is 3070 g/mol. The molecule has 0 aliphatic carbocycles. The maximum absolute atomic E-state index is 4.72. The molecule has 51 unspecified atom stereocenters. The second kappa shape index (κ2) is 75.1. The third-order valence-electron chi connectivity index (χ3n) is 8.50. The van der Waals surface area contributed by atoms with Crippen molar-refractivity contribution in [1.82, 2.24) is 0 Å². The molecular formula is H96P96. The predicted octanol–water partition coefficient (Wildman–Crippen LogP) is 57.0. The lowest BCUT2D eigenvalue weighted by Gasteiger charge is -2.64. The summed E-state index contributed by atoms with van der Waals surface area (Å²) in [6, 6.07) is 0. The molecule has 0 aliphatic rings. The molecule has 96 heteroatoms. The van der Waals surface area contributed by atoms with Gasteiger partial charge in [-0.25, -0.2) is 0 Å². The van der Waals surface area contributed by atoms with Crippen LogP contribution in [0.25, 0.3) is 0 Å². The van der Waals surface area contributed by atoms with Crippen molar-refractivity contribution in [3.63, 3.8) is 0 Å². The summed E-state index contributed by atoms with van der Waals surface area (Å²) >= 11 is 0. The van der Waals surface area contributed by atoms with Gasteiger partial charge in [0.25, 0.3) is 0 Å². The van der Waals surface area contributed by atoms with Crippen LogP contribution in [0.5, 0.6) is 0 Å². The van der Waals surface area contributed by atoms with E-state index in [9.17, 15) is 0 Å². The van der Waals surface area contributed by atoms with Crippen LogP contribution >= 0.6 is 766 Å². The van der Waals surface area contributed by atoms with Crippen molar-refractivity contribution in [3.8, 4) is 0 Å². The minimum Gasteiger partial charge on any atom is -0.102 e. The van der Waals surface area contributed by atoms with Gasteiger partial charge in [0.05, 0.1) is 0 Å². The Balaban J connectivity index is 14.3. The summed E-state index contributed by atoms with van der Waals surface area (Å²) in [5, 5.41) is 0. The van der Waals surface area contributed by atoms with E-state index in [0.29, 0.717) is 0 Å². The van der Waals surface area contributed by atoms with Crippen LogP contribution in [0, 0.1) is 0 Å². The van der Waals surface area contributed by atoms with Crippen molar-refractivity contribution in [3.05, 3.63) is 0 Å². The molecule has 96 heavy (non-hydrogen) atoms. The van der Waals surface area contributed by atoms with E-state index in [-0.39, 0.29) is 0 Å². The van der Waals surface area contributed by atoms with Gasteiger partial charge in [-0.15, -0.1) is 420 Å². The fourth-order valence-electron chi connectivity index (χ4n) is 5.85. The zero-order chi connectivity index (χ0) is 76.1. The van der Waals surface area contributed by atoms with Crippen LogP contribution in [-0.2, 0) is 0 Å². The Morgan fingerprint density at radius 1 is 0.0938 bits per heavy atom. The molecule has 0 heterocycles. The first kappa shape index (κ1) is 137. The fraction of sp³-hybridized carbons (Fsp3) is 0. The molecule has 0 spiro atoms. The summed E-state index contributed by atoms with van der Waals surface area (Å²) in [5.41, 5.74) is 0. The van der Waals surface area contributed by atoms with Crippen molar-refractivity contribution < 1.29 is 0 Å². The lowest BCUT2D eigenvalue weighted by atomic mass is 28.3. The molecule has 0 saturated heterocycles. The molecule has 51 atom stereocenters. The van der Waals surface area contributed by atoms with Crippen LogP contribution in [0.15, 0.2) is 0 Å². The highest BCUT2D eigenvalue weighted by Crippen LogP contribution is 3.54. The van der Waals surface area contributed by atoms with Gasteiger partial charge in [0.15, 0.2) is 0 Å². The van der Waals surface area contributed by atoms with Gasteiger partial charge in [0.1, 0.15) is 0 Å². The van der Waals surface area contributed by atoms with Gasteiger partial charge in [-0.3, -0.25) is 0 Å². The minimum absolute atomic E-state index is 0.409. The van der Waals surface area contributed by atoms with Crippen molar-refractivity contribution in [1.29, 1.82) is 0 Å². The van der Waals surface area contributed by atoms with E-state index in [2.05, 4.69) is 420 Å². The molecule has 0 aromatic heterocycles. The summed E-state index contributed by atoms with van der Waals surface area (Å²) in [4.78, 5) is 0. The molecule has 0 aromatic rings. The smallest absolute Gasteiger partial charge is 0.000000235 e. The van der Waals surface area contributed by atoms with Crippen LogP contribution in [0.1, 0.15) is 0 Å². The summed E-state index contributed by atoms with van der Waals surface area (Å²) in [6.07, 6.45) is 0. The Morgan fingerprint density at radius 2 is 0.156 bits per heavy atom. The van der Waals surface area contributed by atoms with E-state index in [1.54, 1.807) is 0 Å². The molecule has 0 aliphatic heterocycles. The van der Waals surface area contributed by atoms with Crippen LogP contribution in [0.3, 0.4) is 0 Å². The fourth-order valence-corrected chi connectivity index (χ4v) is 1420. The topological polar surface area (TPSA) is 0 Å². The monoisotopic (exact) mass is 3070 g/mol. The van der Waals surface area contributed by atoms with Gasteiger partial charge in [0.2, 0.25) is 0 Å². The molecule has 0 fully saturated rings. The van der Waals surface area contributed by atoms with Gasteiger partial charge in [-0.1, -0.05) is 17.9 Å². The van der Waals surface area contributed by atoms with Gasteiger partial charge < -0.3 is 0 Å². The number of hydrogen-bond donors (Lipinski definition) is 0. The highest BCUT2D eigenvalue weighted by Gasteiger charge is 2.67. The van der Waals surface area contributed by atoms with Crippen molar-refractivity contribution >= 4 is 766 Å². The zero-order valence-corrected chi connectivity index (χ0v) is 147. The zero-order valence-electron chi connectivity index (χ0n) is 49.2. The van der Waals surface area contributed by atoms with Gasteiger partial charge in [-0.05, 0) is 328 Å². The second-order valence-corrected chi connectivity index (χ2v) is 412. The first-order valence-corrected chi connectivity index (χ1v) is 196. The van der Waals surface area contributed by atoms with Gasteiger partial charge in [-0.2, -0.15) is 0 Å². The van der Waals surface area contributed by atoms with Crippen molar-refractivity contribution in [2.45, 2.75) is 0 Å². The van der Waals surface area contributed by atoms with E-state index in [4.69, 9.17) is 17.9 Å². The van der Waals surface area contributed by atoms with Crippen LogP contribution in [0.2, 0.25) is 0 Å². The molecule has 0 saturated carbocycles. The number of hydrogen-bond acceptors (Lipinski definition) is 0. The maximum Gasteiger partial charge on any atom is -0.000000235 e. The Kier molecular flexibility index (Phi) is 107. The number of rotatable bonds is 46. The summed E-state index contributed by atoms with van der Waals surface area (Å²) in [7, 11) is 187. The van der Waals surface area contributed by atoms with E-state index in [1.165, 1.54) is 0 Å². The minimum atomic E-state index is -0.639. The lowest BCUT2D eigenvalue weighted by Crippen LogP contribution is -1.77. The molecule has 0 aromatic carbocycles. The van der Waals surface area contributed by atoms with Crippen LogP contribution < -0.4 is 0 Å². The third-order valence-corrected chi connectivity index (χ3v) is 688. The molecule has 0 bridgehead atoms. The normalized spacial score (nSPS) is 15.9. The highest BCUT2D eigenvalue weighted by atomic mass is 33.7. The second-order valence-electron chi connectivity index (χ2n) is 15.3. The van der Waals surface area contributed by atoms with Gasteiger partial charge in [0, 0.05) is 0 Å². The standard InChI is InChI=1S/H96P96/c1-50(2)74(49)86(73(47)48)92(85(71(43)44)72(45)46)95(91(83(67(35)36)68(37)38)84(69(39)40)70(41)42)96(93(87(75(51(3)4)52(5)6)76(53(7)8)54(9)10)88(77(55(11)12)56(13)14)78(57(15)16)58(17)18)94(89(79(59(19)20)60(21)22)80(61(23)24)62(25)26)90(81(63(27)28)64(29)30)82(65(31)32)66(33)34/h1-2H,3-49H2. The SMILES string of the molecule is [PH]P([PH])P(P)P(P(P)P)P(P(P(P)P)P(P)P)P(P(P(P(P)P)P(P)P)P(P(P)P)P(P)P)P(P(P(P(P(P)P)P(P)P)P(P(P)P)P(P)P)P(P(P(P)P)P(P)P)P(P(P)P)P(P)P)P(P(P(P(P)P)P(P)P)P(P(P)P)P(P)P)P(P(P(P)P)P(P)P)P(P(P)P)P(P)P. The molecule has 0 rings (SSSR count). The average Bonchev–Trinajstić information content (AvgIpc) is 3.36. The summed E-state index contributed by atoms with van der Waals surface area (Å²) in [5.74, 6) is 0. The largest absolute Gasteiger partial charge is 0.102 e. The quantitative estimate of drug-likeness (QED) is 0.0533. The summed E-state index contributed by atoms with van der Waals surface area (Å²) in [6.45, 7) is -21.4. The first-order valence-electron chi connectivity index (χ1n) is 21.8. The Labute approximate surface area is 753 Å². The molecule has 576 valence electrons. The van der Waals surface area contributed by atoms with Crippen LogP contribution in [0.4, 0.5) is 0 Å². The molecular weight excluding hydrogens is 2970 g/mol.